The lowest BCUT2D eigenvalue weighted by atomic mass is 10.1. The van der Waals surface area contributed by atoms with Gasteiger partial charge in [0, 0.05) is 42.0 Å². The molecule has 34 heavy (non-hydrogen) atoms. The van der Waals surface area contributed by atoms with Gasteiger partial charge in [0.25, 0.3) is 5.56 Å². The van der Waals surface area contributed by atoms with E-state index in [1.54, 1.807) is 24.3 Å². The average molecular weight is 459 g/mol. The van der Waals surface area contributed by atoms with Crippen molar-refractivity contribution in [3.8, 4) is 11.3 Å². The summed E-state index contributed by atoms with van der Waals surface area (Å²) in [5, 5.41) is 7.37. The number of nitrogens with zero attached hydrogens (tertiary/aromatic N) is 3. The van der Waals surface area contributed by atoms with Crippen molar-refractivity contribution in [2.45, 2.75) is 26.7 Å². The van der Waals surface area contributed by atoms with E-state index in [4.69, 9.17) is 0 Å². The molecule has 0 aliphatic carbocycles. The third kappa shape index (κ3) is 4.34. The van der Waals surface area contributed by atoms with Crippen molar-refractivity contribution < 1.29 is 14.3 Å². The maximum atomic E-state index is 13.2. The minimum Gasteiger partial charge on any atom is -0.465 e. The molecular weight excluding hydrogens is 432 g/mol. The SMILES string of the molecule is COC(=O)c1ccc(NC(=O)CCc2c(C)n(C)c3cc(-c4ccccc4C)nn3c2=O)cc1. The molecule has 4 aromatic rings. The highest BCUT2D eigenvalue weighted by atomic mass is 16.5. The maximum Gasteiger partial charge on any atom is 0.337 e. The van der Waals surface area contributed by atoms with Gasteiger partial charge in [0.15, 0.2) is 0 Å². The molecule has 0 unspecified atom stereocenters. The molecule has 2 heterocycles. The van der Waals surface area contributed by atoms with E-state index in [1.165, 1.54) is 11.6 Å². The van der Waals surface area contributed by atoms with Crippen molar-refractivity contribution in [3.05, 3.63) is 87.3 Å². The number of rotatable bonds is 6. The van der Waals surface area contributed by atoms with Gasteiger partial charge in [-0.3, -0.25) is 9.59 Å². The lowest BCUT2D eigenvalue weighted by Gasteiger charge is -2.12. The molecule has 0 aliphatic heterocycles. The Morgan fingerprint density at radius 2 is 1.76 bits per heavy atom. The molecule has 0 saturated heterocycles. The van der Waals surface area contributed by atoms with Gasteiger partial charge in [-0.15, -0.1) is 0 Å². The first-order valence-corrected chi connectivity index (χ1v) is 10.9. The van der Waals surface area contributed by atoms with Crippen LogP contribution in [0, 0.1) is 13.8 Å². The second-order valence-electron chi connectivity index (χ2n) is 8.16. The second kappa shape index (κ2) is 9.35. The van der Waals surface area contributed by atoms with E-state index in [2.05, 4.69) is 15.2 Å². The number of nitrogens with one attached hydrogen (secondary N) is 1. The number of anilines is 1. The molecule has 2 aromatic heterocycles. The number of carbonyl (C=O) groups is 2. The Morgan fingerprint density at radius 1 is 1.06 bits per heavy atom. The quantitative estimate of drug-likeness (QED) is 0.445. The molecule has 0 bridgehead atoms. The number of aromatic nitrogens is 3. The van der Waals surface area contributed by atoms with Gasteiger partial charge in [-0.1, -0.05) is 24.3 Å². The Bertz CT molecular complexity index is 1450. The van der Waals surface area contributed by atoms with Crippen LogP contribution in [0.25, 0.3) is 16.9 Å². The van der Waals surface area contributed by atoms with Crippen LogP contribution in [0.3, 0.4) is 0 Å². The Labute approximate surface area is 196 Å². The molecule has 1 amide bonds. The van der Waals surface area contributed by atoms with E-state index >= 15 is 0 Å². The fourth-order valence-corrected chi connectivity index (χ4v) is 3.97. The minimum absolute atomic E-state index is 0.131. The average Bonchev–Trinajstić information content (AvgIpc) is 3.28. The summed E-state index contributed by atoms with van der Waals surface area (Å²) in [5.41, 5.74) is 5.56. The molecule has 0 aliphatic rings. The van der Waals surface area contributed by atoms with Crippen molar-refractivity contribution in [1.82, 2.24) is 14.2 Å². The number of carbonyl (C=O) groups excluding carboxylic acids is 2. The highest BCUT2D eigenvalue weighted by molar-refractivity contribution is 5.93. The molecule has 2 aromatic carbocycles. The van der Waals surface area contributed by atoms with E-state index in [1.807, 2.05) is 55.8 Å². The lowest BCUT2D eigenvalue weighted by Crippen LogP contribution is -2.26. The van der Waals surface area contributed by atoms with Crippen LogP contribution in [0.2, 0.25) is 0 Å². The summed E-state index contributed by atoms with van der Waals surface area (Å²) >= 11 is 0. The number of fused-ring (bicyclic) bond motifs is 1. The minimum atomic E-state index is -0.441. The van der Waals surface area contributed by atoms with Crippen LogP contribution in [0.4, 0.5) is 5.69 Å². The summed E-state index contributed by atoms with van der Waals surface area (Å²) in [6.45, 7) is 3.89. The Morgan fingerprint density at radius 3 is 2.44 bits per heavy atom. The van der Waals surface area contributed by atoms with Gasteiger partial charge < -0.3 is 14.6 Å². The first kappa shape index (κ1) is 23.0. The number of esters is 1. The van der Waals surface area contributed by atoms with E-state index in [0.29, 0.717) is 22.5 Å². The number of hydrogen-bond donors (Lipinski definition) is 1. The van der Waals surface area contributed by atoms with Gasteiger partial charge in [0.2, 0.25) is 5.91 Å². The number of ether oxygens (including phenoxy) is 1. The number of aryl methyl sites for hydroxylation is 2. The Hall–Kier alpha value is -4.20. The fraction of sp³-hybridized carbons (Fsp3) is 0.231. The third-order valence-electron chi connectivity index (χ3n) is 6.04. The predicted octanol–water partition coefficient (Wildman–Crippen LogP) is 3.67. The van der Waals surface area contributed by atoms with Crippen LogP contribution in [0.15, 0.2) is 59.4 Å². The molecule has 0 fully saturated rings. The normalized spacial score (nSPS) is 10.9. The largest absolute Gasteiger partial charge is 0.465 e. The van der Waals surface area contributed by atoms with E-state index < -0.39 is 5.97 Å². The van der Waals surface area contributed by atoms with Gasteiger partial charge in [0.1, 0.15) is 5.65 Å². The van der Waals surface area contributed by atoms with Crippen LogP contribution in [-0.2, 0) is 23.0 Å². The maximum absolute atomic E-state index is 13.2. The molecule has 0 spiro atoms. The Balaban J connectivity index is 1.55. The third-order valence-corrected chi connectivity index (χ3v) is 6.04. The summed E-state index contributed by atoms with van der Waals surface area (Å²) in [4.78, 5) is 37.3. The summed E-state index contributed by atoms with van der Waals surface area (Å²) < 4.78 is 8.01. The fourth-order valence-electron chi connectivity index (χ4n) is 3.97. The van der Waals surface area contributed by atoms with Gasteiger partial charge in [-0.25, -0.2) is 4.79 Å². The Kier molecular flexibility index (Phi) is 6.32. The van der Waals surface area contributed by atoms with Crippen molar-refractivity contribution in [2.24, 2.45) is 7.05 Å². The van der Waals surface area contributed by atoms with Crippen molar-refractivity contribution in [3.63, 3.8) is 0 Å². The predicted molar refractivity (Wildman–Crippen MR) is 130 cm³/mol. The van der Waals surface area contributed by atoms with Crippen molar-refractivity contribution in [2.75, 3.05) is 12.4 Å². The highest BCUT2D eigenvalue weighted by Crippen LogP contribution is 2.23. The standard InChI is InChI=1S/C26H26N4O4/c1-16-7-5-6-8-20(16)22-15-24-29(3)17(2)21(25(32)30(24)28-22)13-14-23(31)27-19-11-9-18(10-12-19)26(33)34-4/h5-12,15H,13-14H2,1-4H3,(H,27,31). The van der Waals surface area contributed by atoms with E-state index in [-0.39, 0.29) is 24.3 Å². The van der Waals surface area contributed by atoms with Gasteiger partial charge in [-0.05, 0) is 50.1 Å². The molecular formula is C26H26N4O4. The molecule has 4 rings (SSSR count). The van der Waals surface area contributed by atoms with E-state index in [9.17, 15) is 14.4 Å². The second-order valence-corrected chi connectivity index (χ2v) is 8.16. The number of hydrogen-bond acceptors (Lipinski definition) is 5. The molecule has 174 valence electrons. The van der Waals surface area contributed by atoms with Crippen molar-refractivity contribution in [1.29, 1.82) is 0 Å². The van der Waals surface area contributed by atoms with Crippen LogP contribution in [0.5, 0.6) is 0 Å². The number of amides is 1. The number of methoxy groups -OCH3 is 1. The summed E-state index contributed by atoms with van der Waals surface area (Å²) in [6.07, 6.45) is 0.409. The molecule has 0 radical (unpaired) electrons. The zero-order valence-electron chi connectivity index (χ0n) is 19.6. The first-order chi connectivity index (χ1) is 16.3. The zero-order valence-corrected chi connectivity index (χ0v) is 19.6. The molecule has 8 nitrogen and oxygen atoms in total. The monoisotopic (exact) mass is 458 g/mol. The van der Waals surface area contributed by atoms with Gasteiger partial charge in [0.05, 0.1) is 18.4 Å². The lowest BCUT2D eigenvalue weighted by molar-refractivity contribution is -0.116. The van der Waals surface area contributed by atoms with Gasteiger partial charge in [-0.2, -0.15) is 9.61 Å². The molecule has 1 N–H and O–H groups in total. The van der Waals surface area contributed by atoms with Gasteiger partial charge >= 0.3 is 5.97 Å². The topological polar surface area (TPSA) is 94.7 Å². The zero-order chi connectivity index (χ0) is 24.4. The molecule has 0 saturated carbocycles. The van der Waals surface area contributed by atoms with Crippen molar-refractivity contribution >= 4 is 23.2 Å². The van der Waals surface area contributed by atoms with Crippen LogP contribution < -0.4 is 10.9 Å². The summed E-state index contributed by atoms with van der Waals surface area (Å²) in [5.74, 6) is -0.669. The van der Waals surface area contributed by atoms with E-state index in [0.717, 1.165) is 22.5 Å². The summed E-state index contributed by atoms with van der Waals surface area (Å²) in [7, 11) is 3.20. The number of benzene rings is 2. The van der Waals surface area contributed by atoms with Crippen LogP contribution >= 0.6 is 0 Å². The molecule has 8 heteroatoms. The summed E-state index contributed by atoms with van der Waals surface area (Å²) in [6, 6.07) is 16.3. The first-order valence-electron chi connectivity index (χ1n) is 10.9. The van der Waals surface area contributed by atoms with Crippen LogP contribution in [-0.4, -0.2) is 33.2 Å². The highest BCUT2D eigenvalue weighted by Gasteiger charge is 2.17. The molecule has 0 atom stereocenters. The smallest absolute Gasteiger partial charge is 0.337 e. The van der Waals surface area contributed by atoms with Crippen LogP contribution in [0.1, 0.15) is 33.6 Å².